The van der Waals surface area contributed by atoms with Gasteiger partial charge in [0.1, 0.15) is 28.4 Å². The van der Waals surface area contributed by atoms with Crippen molar-refractivity contribution in [2.45, 2.75) is 159 Å². The molecule has 0 aliphatic rings. The SMILES string of the molecule is CCOC(=O)C(C=N[C@H](CO[Si](C)(C)C(C)(C)C)C(C)(C)C)=C(O)c1cc(Br)cc(OCC)c1Cl.CCOC(=O)c1cn(C(CO[Si](C)(C)C(C)(C)C)C(C)(C)C)c2c(OCC)cc(Br)cc2c1=O. The third-order valence-electron chi connectivity index (χ3n) is 12.7. The van der Waals surface area contributed by atoms with Gasteiger partial charge in [-0.3, -0.25) is 9.79 Å². The van der Waals surface area contributed by atoms with Crippen LogP contribution in [-0.4, -0.2) is 90.1 Å². The van der Waals surface area contributed by atoms with Crippen LogP contribution in [0, 0.1) is 10.8 Å². The van der Waals surface area contributed by atoms with Gasteiger partial charge in [0.05, 0.1) is 67.7 Å². The highest BCUT2D eigenvalue weighted by Gasteiger charge is 2.41. The molecular weight excluding hydrogens is 1060 g/mol. The molecule has 0 bridgehead atoms. The van der Waals surface area contributed by atoms with Crippen LogP contribution in [0.25, 0.3) is 16.7 Å². The van der Waals surface area contributed by atoms with Crippen molar-refractivity contribution in [2.75, 3.05) is 39.6 Å². The maximum Gasteiger partial charge on any atom is 0.343 e. The van der Waals surface area contributed by atoms with Gasteiger partial charge < -0.3 is 37.5 Å². The number of aliphatic hydroxyl groups is 1. The summed E-state index contributed by atoms with van der Waals surface area (Å²) in [5.74, 6) is -0.682. The van der Waals surface area contributed by atoms with Crippen LogP contribution >= 0.6 is 43.5 Å². The third kappa shape index (κ3) is 16.8. The van der Waals surface area contributed by atoms with Crippen molar-refractivity contribution < 1.29 is 42.5 Å². The van der Waals surface area contributed by atoms with Gasteiger partial charge in [-0.25, -0.2) is 9.59 Å². The second kappa shape index (κ2) is 25.1. The van der Waals surface area contributed by atoms with Crippen molar-refractivity contribution in [3.05, 3.63) is 71.4 Å². The first-order valence-electron chi connectivity index (χ1n) is 23.7. The molecule has 388 valence electrons. The lowest BCUT2D eigenvalue weighted by Gasteiger charge is -2.41. The van der Waals surface area contributed by atoms with Crippen molar-refractivity contribution in [3.63, 3.8) is 0 Å². The summed E-state index contributed by atoms with van der Waals surface area (Å²) < 4.78 is 38.4. The lowest BCUT2D eigenvalue weighted by molar-refractivity contribution is -0.137. The zero-order valence-corrected chi connectivity index (χ0v) is 50.9. The topological polar surface area (TPSA) is 144 Å². The first-order valence-corrected chi connectivity index (χ1v) is 31.5. The van der Waals surface area contributed by atoms with Crippen LogP contribution in [0.3, 0.4) is 0 Å². The largest absolute Gasteiger partial charge is 0.506 e. The first kappa shape index (κ1) is 62.1. The van der Waals surface area contributed by atoms with E-state index >= 15 is 0 Å². The molecule has 0 aliphatic carbocycles. The molecule has 1 aromatic heterocycles. The van der Waals surface area contributed by atoms with Crippen LogP contribution < -0.4 is 14.9 Å². The molecule has 1 unspecified atom stereocenters. The van der Waals surface area contributed by atoms with Crippen molar-refractivity contribution in [3.8, 4) is 11.5 Å². The van der Waals surface area contributed by atoms with Crippen molar-refractivity contribution in [1.29, 1.82) is 0 Å². The van der Waals surface area contributed by atoms with Crippen molar-refractivity contribution >= 4 is 94.9 Å². The highest BCUT2D eigenvalue weighted by atomic mass is 79.9. The number of pyridine rings is 1. The highest BCUT2D eigenvalue weighted by Crippen LogP contribution is 2.42. The molecule has 12 nitrogen and oxygen atoms in total. The summed E-state index contributed by atoms with van der Waals surface area (Å²) in [7, 11) is -4.05. The number of aliphatic imine (C=N–C) groups is 1. The van der Waals surface area contributed by atoms with Crippen molar-refractivity contribution in [1.82, 2.24) is 4.57 Å². The maximum atomic E-state index is 13.4. The van der Waals surface area contributed by atoms with Gasteiger partial charge in [-0.15, -0.1) is 0 Å². The molecule has 3 rings (SSSR count). The molecule has 3 aromatic rings. The molecule has 2 aromatic carbocycles. The predicted molar refractivity (Wildman–Crippen MR) is 296 cm³/mol. The molecule has 17 heteroatoms. The number of aliphatic hydroxyl groups excluding tert-OH is 1. The van der Waals surface area contributed by atoms with Gasteiger partial charge in [-0.2, -0.15) is 0 Å². The number of carbonyl (C=O) groups excluding carboxylic acids is 2. The number of benzene rings is 2. The minimum Gasteiger partial charge on any atom is -0.506 e. The molecule has 0 saturated heterocycles. The standard InChI is InChI=1S/C26H41BrClNO5Si.C26H40BrNO5Si/c1-11-32-20-14-17(27)13-18(22(20)28)23(30)19(24(31)33-12-2)15-29-21(25(3,4)5)16-34-35(9,10)26(6,7)8;1-11-31-20-14-17(27)13-18-22(20)28(15-19(23(18)29)24(30)32-12-2)21(25(3,4)5)16-33-34(9,10)26(6,7)8/h13-15,21,30H,11-12,16H2,1-10H3;13-15,21H,11-12,16H2,1-10H3/t21-;/m1./s1. The second-order valence-electron chi connectivity index (χ2n) is 22.1. The number of aromatic nitrogens is 1. The van der Waals surface area contributed by atoms with Crippen LogP contribution in [0.2, 0.25) is 41.3 Å². The lowest BCUT2D eigenvalue weighted by Crippen LogP contribution is -2.44. The predicted octanol–water partition coefficient (Wildman–Crippen LogP) is 14.8. The fourth-order valence-electron chi connectivity index (χ4n) is 6.28. The summed E-state index contributed by atoms with van der Waals surface area (Å²) in [6.07, 6.45) is 3.00. The number of hydrogen-bond acceptors (Lipinski definition) is 11. The van der Waals surface area contributed by atoms with E-state index in [1.165, 1.54) is 6.21 Å². The molecule has 69 heavy (non-hydrogen) atoms. The highest BCUT2D eigenvalue weighted by molar-refractivity contribution is 9.10. The van der Waals surface area contributed by atoms with Gasteiger partial charge in [0.25, 0.3) is 0 Å². The Balaban J connectivity index is 0.000000474. The summed E-state index contributed by atoms with van der Waals surface area (Å²) in [4.78, 5) is 43.7. The van der Waals surface area contributed by atoms with E-state index in [-0.39, 0.29) is 79.1 Å². The molecule has 1 N–H and O–H groups in total. The Morgan fingerprint density at radius 1 is 0.725 bits per heavy atom. The zero-order chi connectivity index (χ0) is 53.2. The number of fused-ring (bicyclic) bond motifs is 1. The molecule has 2 atom stereocenters. The Morgan fingerprint density at radius 3 is 1.70 bits per heavy atom. The number of ether oxygens (including phenoxy) is 4. The van der Waals surface area contributed by atoms with E-state index in [0.717, 1.165) is 0 Å². The van der Waals surface area contributed by atoms with Gasteiger partial charge in [-0.05, 0) is 99.1 Å². The molecule has 0 aliphatic heterocycles. The van der Waals surface area contributed by atoms with E-state index in [2.05, 4.69) is 141 Å². The summed E-state index contributed by atoms with van der Waals surface area (Å²) in [6, 6.07) is 6.50. The van der Waals surface area contributed by atoms with Crippen LogP contribution in [0.15, 0.2) is 54.8 Å². The Hall–Kier alpha value is -3.00. The Labute approximate surface area is 436 Å². The quantitative estimate of drug-likeness (QED) is 0.0430. The van der Waals surface area contributed by atoms with Crippen LogP contribution in [0.4, 0.5) is 0 Å². The smallest absolute Gasteiger partial charge is 0.343 e. The lowest BCUT2D eigenvalue weighted by atomic mass is 9.86. The molecule has 0 spiro atoms. The summed E-state index contributed by atoms with van der Waals surface area (Å²) in [5, 5.41) is 11.9. The average molecular weight is 1150 g/mol. The number of carbonyl (C=O) groups is 2. The Bertz CT molecular complexity index is 2370. The zero-order valence-electron chi connectivity index (χ0n) is 45.0. The van der Waals surface area contributed by atoms with Gasteiger partial charge in [0, 0.05) is 26.9 Å². The van der Waals surface area contributed by atoms with Gasteiger partial charge in [-0.1, -0.05) is 127 Å². The minimum absolute atomic E-state index is 0.0106. The average Bonchev–Trinajstić information content (AvgIpc) is 3.19. The fourth-order valence-corrected chi connectivity index (χ4v) is 9.43. The summed E-state index contributed by atoms with van der Waals surface area (Å²) in [6.45, 7) is 43.8. The van der Waals surface area contributed by atoms with Gasteiger partial charge in [0.15, 0.2) is 16.6 Å². The molecule has 0 amide bonds. The molecule has 1 heterocycles. The van der Waals surface area contributed by atoms with E-state index in [4.69, 9.17) is 44.4 Å². The van der Waals surface area contributed by atoms with Crippen LogP contribution in [0.1, 0.15) is 133 Å². The normalized spacial score (nSPS) is 14.2. The van der Waals surface area contributed by atoms with Crippen LogP contribution in [0.5, 0.6) is 11.5 Å². The fraction of sp³-hybridized carbons (Fsp3) is 0.615. The van der Waals surface area contributed by atoms with E-state index in [1.54, 1.807) is 38.2 Å². The molecule has 0 radical (unpaired) electrons. The van der Waals surface area contributed by atoms with Gasteiger partial charge >= 0.3 is 11.9 Å². The Morgan fingerprint density at radius 2 is 1.22 bits per heavy atom. The van der Waals surface area contributed by atoms with E-state index in [9.17, 15) is 19.5 Å². The van der Waals surface area contributed by atoms with Crippen LogP contribution in [-0.2, 0) is 23.1 Å². The summed E-state index contributed by atoms with van der Waals surface area (Å²) in [5.41, 5.74) is -0.0422. The first-order chi connectivity index (χ1) is 31.5. The number of esters is 2. The number of nitrogens with zero attached hydrogens (tertiary/aromatic N) is 2. The molecular formula is C52H81Br2ClN2O10Si2. The number of halogens is 3. The number of rotatable bonds is 18. The molecule has 0 fully saturated rings. The second-order valence-corrected chi connectivity index (χ2v) is 33.9. The molecule has 0 saturated carbocycles. The third-order valence-corrected chi connectivity index (χ3v) is 23.0. The summed E-state index contributed by atoms with van der Waals surface area (Å²) >= 11 is 13.4. The Kier molecular flexibility index (Phi) is 22.6. The van der Waals surface area contributed by atoms with E-state index < -0.39 is 28.6 Å². The monoisotopic (exact) mass is 1140 g/mol. The van der Waals surface area contributed by atoms with Gasteiger partial charge in [0.2, 0.25) is 5.43 Å². The van der Waals surface area contributed by atoms with E-state index in [1.807, 2.05) is 24.5 Å². The number of hydrogen-bond donors (Lipinski definition) is 1. The maximum absolute atomic E-state index is 13.4. The van der Waals surface area contributed by atoms with Crippen molar-refractivity contribution in [2.24, 2.45) is 15.8 Å². The minimum atomic E-state index is -2.05. The van der Waals surface area contributed by atoms with E-state index in [0.29, 0.717) is 57.8 Å².